The van der Waals surface area contributed by atoms with Crippen LogP contribution in [0, 0.1) is 0 Å². The maximum absolute atomic E-state index is 12.9. The maximum atomic E-state index is 12.9. The van der Waals surface area contributed by atoms with Gasteiger partial charge in [0.1, 0.15) is 0 Å². The van der Waals surface area contributed by atoms with Crippen molar-refractivity contribution in [3.05, 3.63) is 18.1 Å². The van der Waals surface area contributed by atoms with Crippen molar-refractivity contribution in [2.75, 3.05) is 33.4 Å². The van der Waals surface area contributed by atoms with Crippen LogP contribution in [-0.2, 0) is 4.74 Å². The number of carbonyl (C=O) groups excluding carboxylic acids is 1. The summed E-state index contributed by atoms with van der Waals surface area (Å²) < 4.78 is 10.5. The lowest BCUT2D eigenvalue weighted by atomic mass is 9.88. The molecule has 0 aromatic carbocycles. The molecule has 6 nitrogen and oxygen atoms in total. The van der Waals surface area contributed by atoms with E-state index in [4.69, 9.17) is 9.47 Å². The Kier molecular flexibility index (Phi) is 4.67. The van der Waals surface area contributed by atoms with E-state index < -0.39 is 5.54 Å². The predicted molar refractivity (Wildman–Crippen MR) is 74.0 cm³/mol. The first-order valence-electron chi connectivity index (χ1n) is 6.86. The van der Waals surface area contributed by atoms with Gasteiger partial charge < -0.3 is 9.47 Å². The van der Waals surface area contributed by atoms with Crippen molar-refractivity contribution in [2.24, 2.45) is 0 Å². The average Bonchev–Trinajstić information content (AvgIpc) is 2.54. The van der Waals surface area contributed by atoms with E-state index in [9.17, 15) is 4.79 Å². The monoisotopic (exact) mass is 279 g/mol. The molecule has 20 heavy (non-hydrogen) atoms. The number of hydrogen-bond donors (Lipinski definition) is 0. The van der Waals surface area contributed by atoms with Gasteiger partial charge in [0, 0.05) is 25.5 Å². The van der Waals surface area contributed by atoms with Gasteiger partial charge in [-0.2, -0.15) is 0 Å². The van der Waals surface area contributed by atoms with Crippen molar-refractivity contribution in [1.29, 1.82) is 0 Å². The summed E-state index contributed by atoms with van der Waals surface area (Å²) in [6.45, 7) is 6.77. The molecule has 0 spiro atoms. The summed E-state index contributed by atoms with van der Waals surface area (Å²) in [7, 11) is 1.50. The summed E-state index contributed by atoms with van der Waals surface area (Å²) in [5.41, 5.74) is -0.307. The average molecular weight is 279 g/mol. The number of morpholine rings is 1. The van der Waals surface area contributed by atoms with E-state index in [1.54, 1.807) is 0 Å². The highest BCUT2D eigenvalue weighted by molar-refractivity contribution is 6.03. The summed E-state index contributed by atoms with van der Waals surface area (Å²) in [5.74, 6) is 0.234. The molecule has 0 bridgehead atoms. The van der Waals surface area contributed by atoms with Crippen molar-refractivity contribution < 1.29 is 14.3 Å². The summed E-state index contributed by atoms with van der Waals surface area (Å²) in [6, 6.07) is 0. The molecule has 0 N–H and O–H groups in total. The second kappa shape index (κ2) is 6.28. The van der Waals surface area contributed by atoms with Gasteiger partial charge in [0.15, 0.2) is 5.69 Å². The Hall–Kier alpha value is -1.53. The molecular formula is C14H21N3O3. The van der Waals surface area contributed by atoms with E-state index in [-0.39, 0.29) is 11.7 Å². The van der Waals surface area contributed by atoms with E-state index in [0.29, 0.717) is 25.3 Å². The van der Waals surface area contributed by atoms with Gasteiger partial charge in [0.2, 0.25) is 11.7 Å². The van der Waals surface area contributed by atoms with E-state index in [2.05, 4.69) is 14.9 Å². The predicted octanol–water partition coefficient (Wildman–Crippen LogP) is 1.17. The largest absolute Gasteiger partial charge is 0.479 e. The molecule has 0 aliphatic carbocycles. The third-order valence-corrected chi connectivity index (χ3v) is 3.96. The zero-order chi connectivity index (χ0) is 14.6. The first-order chi connectivity index (χ1) is 9.63. The molecule has 0 radical (unpaired) electrons. The third-order valence-electron chi connectivity index (χ3n) is 3.96. The summed E-state index contributed by atoms with van der Waals surface area (Å²) in [5, 5.41) is 0. The second-order valence-corrected chi connectivity index (χ2v) is 4.97. The fourth-order valence-electron chi connectivity index (χ4n) is 2.47. The van der Waals surface area contributed by atoms with Crippen molar-refractivity contribution in [3.8, 4) is 5.88 Å². The van der Waals surface area contributed by atoms with Crippen LogP contribution in [0.15, 0.2) is 12.4 Å². The maximum Gasteiger partial charge on any atom is 0.243 e. The fourth-order valence-corrected chi connectivity index (χ4v) is 2.47. The van der Waals surface area contributed by atoms with Gasteiger partial charge in [-0.05, 0) is 13.3 Å². The minimum atomic E-state index is -0.604. The lowest BCUT2D eigenvalue weighted by Gasteiger charge is -2.41. The number of ketones is 1. The SMILES string of the molecule is CCC(C)(C(=O)c1nccnc1OC)N1CCOCC1. The third kappa shape index (κ3) is 2.66. The van der Waals surface area contributed by atoms with Crippen molar-refractivity contribution in [3.63, 3.8) is 0 Å². The zero-order valence-corrected chi connectivity index (χ0v) is 12.3. The zero-order valence-electron chi connectivity index (χ0n) is 12.3. The molecule has 1 aromatic heterocycles. The molecule has 1 aliphatic rings. The van der Waals surface area contributed by atoms with Gasteiger partial charge in [-0.3, -0.25) is 9.69 Å². The van der Waals surface area contributed by atoms with E-state index >= 15 is 0 Å². The van der Waals surface area contributed by atoms with Crippen LogP contribution >= 0.6 is 0 Å². The molecular weight excluding hydrogens is 258 g/mol. The van der Waals surface area contributed by atoms with E-state index in [0.717, 1.165) is 13.1 Å². The summed E-state index contributed by atoms with van der Waals surface area (Å²) in [4.78, 5) is 23.3. The lowest BCUT2D eigenvalue weighted by Crippen LogP contribution is -2.56. The minimum absolute atomic E-state index is 0.0492. The van der Waals surface area contributed by atoms with Crippen molar-refractivity contribution >= 4 is 5.78 Å². The molecule has 1 fully saturated rings. The molecule has 1 aromatic rings. The Morgan fingerprint density at radius 1 is 1.40 bits per heavy atom. The van der Waals surface area contributed by atoms with E-state index in [1.807, 2.05) is 13.8 Å². The summed E-state index contributed by atoms with van der Waals surface area (Å²) >= 11 is 0. The smallest absolute Gasteiger partial charge is 0.243 e. The molecule has 1 unspecified atom stereocenters. The number of rotatable bonds is 5. The Bertz CT molecular complexity index is 474. The first-order valence-corrected chi connectivity index (χ1v) is 6.86. The Balaban J connectivity index is 2.32. The van der Waals surface area contributed by atoms with Gasteiger partial charge in [0.05, 0.1) is 25.9 Å². The van der Waals surface area contributed by atoms with Crippen molar-refractivity contribution in [2.45, 2.75) is 25.8 Å². The number of Topliss-reactive ketones (excluding diaryl/α,β-unsaturated/α-hetero) is 1. The molecule has 1 atom stereocenters. The highest BCUT2D eigenvalue weighted by atomic mass is 16.5. The normalized spacial score (nSPS) is 19.4. The molecule has 1 saturated heterocycles. The quantitative estimate of drug-likeness (QED) is 0.754. The van der Waals surface area contributed by atoms with Gasteiger partial charge in [-0.15, -0.1) is 0 Å². The Labute approximate surface area is 119 Å². The van der Waals surface area contributed by atoms with Crippen molar-refractivity contribution in [1.82, 2.24) is 14.9 Å². The van der Waals surface area contributed by atoms with Gasteiger partial charge in [0.25, 0.3) is 0 Å². The number of nitrogens with zero attached hydrogens (tertiary/aromatic N) is 3. The molecule has 6 heteroatoms. The number of ether oxygens (including phenoxy) is 2. The number of hydrogen-bond acceptors (Lipinski definition) is 6. The van der Waals surface area contributed by atoms with E-state index in [1.165, 1.54) is 19.5 Å². The van der Waals surface area contributed by atoms with Gasteiger partial charge in [-0.1, -0.05) is 6.92 Å². The molecule has 0 saturated carbocycles. The van der Waals surface area contributed by atoms with Crippen LogP contribution in [0.5, 0.6) is 5.88 Å². The van der Waals surface area contributed by atoms with Gasteiger partial charge >= 0.3 is 0 Å². The molecule has 2 rings (SSSR count). The Morgan fingerprint density at radius 2 is 2.05 bits per heavy atom. The lowest BCUT2D eigenvalue weighted by molar-refractivity contribution is -0.0109. The molecule has 110 valence electrons. The first kappa shape index (κ1) is 14.9. The topological polar surface area (TPSA) is 64.5 Å². The van der Waals surface area contributed by atoms with Crippen LogP contribution in [-0.4, -0.2) is 59.6 Å². The molecule has 2 heterocycles. The minimum Gasteiger partial charge on any atom is -0.479 e. The van der Waals surface area contributed by atoms with Crippen LogP contribution in [0.1, 0.15) is 30.8 Å². The number of methoxy groups -OCH3 is 1. The summed E-state index contributed by atoms with van der Waals surface area (Å²) in [6.07, 6.45) is 3.74. The van der Waals surface area contributed by atoms with Crippen LogP contribution < -0.4 is 4.74 Å². The van der Waals surface area contributed by atoms with Gasteiger partial charge in [-0.25, -0.2) is 9.97 Å². The highest BCUT2D eigenvalue weighted by Crippen LogP contribution is 2.27. The number of aromatic nitrogens is 2. The Morgan fingerprint density at radius 3 is 2.65 bits per heavy atom. The highest BCUT2D eigenvalue weighted by Gasteiger charge is 2.41. The second-order valence-electron chi connectivity index (χ2n) is 4.97. The van der Waals surface area contributed by atoms with Crippen LogP contribution in [0.2, 0.25) is 0 Å². The van der Waals surface area contributed by atoms with Crippen LogP contribution in [0.3, 0.4) is 0 Å². The van der Waals surface area contributed by atoms with Crippen LogP contribution in [0.4, 0.5) is 0 Å². The van der Waals surface area contributed by atoms with Crippen LogP contribution in [0.25, 0.3) is 0 Å². The molecule has 0 amide bonds. The number of carbonyl (C=O) groups is 1. The molecule has 1 aliphatic heterocycles. The fraction of sp³-hybridized carbons (Fsp3) is 0.643. The standard InChI is InChI=1S/C14H21N3O3/c1-4-14(2,17-7-9-20-10-8-17)12(18)11-13(19-3)16-6-5-15-11/h5-6H,4,7-10H2,1-3H3.